The van der Waals surface area contributed by atoms with E-state index >= 15 is 0 Å². The summed E-state index contributed by atoms with van der Waals surface area (Å²) in [4.78, 5) is 13.4. The van der Waals surface area contributed by atoms with E-state index in [0.717, 1.165) is 0 Å². The minimum atomic E-state index is -3.10. The summed E-state index contributed by atoms with van der Waals surface area (Å²) in [6, 6.07) is 6.10. The highest BCUT2D eigenvalue weighted by Crippen LogP contribution is 2.35. The number of ether oxygens (including phenoxy) is 1. The third kappa shape index (κ3) is 3.79. The number of sulfone groups is 1. The third-order valence-corrected chi connectivity index (χ3v) is 7.86. The largest absolute Gasteiger partial charge is 0.380 e. The molecule has 1 fully saturated rings. The average molecular weight is 438 g/mol. The van der Waals surface area contributed by atoms with Gasteiger partial charge in [-0.3, -0.25) is 4.79 Å². The highest BCUT2D eigenvalue weighted by molar-refractivity contribution is 7.91. The van der Waals surface area contributed by atoms with Crippen molar-refractivity contribution in [2.75, 3.05) is 23.9 Å². The van der Waals surface area contributed by atoms with Crippen molar-refractivity contribution in [3.8, 4) is 0 Å². The number of hydrogen-bond acceptors (Lipinski definition) is 6. The summed E-state index contributed by atoms with van der Waals surface area (Å²) >= 11 is 1.19. The second-order valence-corrected chi connectivity index (χ2v) is 10.4. The van der Waals surface area contributed by atoms with Gasteiger partial charge in [-0.25, -0.2) is 17.5 Å². The van der Waals surface area contributed by atoms with Crippen LogP contribution >= 0.6 is 11.3 Å². The van der Waals surface area contributed by atoms with E-state index in [1.54, 1.807) is 29.8 Å². The molecule has 0 bridgehead atoms. The molecule has 2 aromatic heterocycles. The summed E-state index contributed by atoms with van der Waals surface area (Å²) in [5, 5.41) is 7.59. The van der Waals surface area contributed by atoms with Crippen molar-refractivity contribution in [3.05, 3.63) is 46.2 Å². The van der Waals surface area contributed by atoms with E-state index in [1.165, 1.54) is 24.5 Å². The summed E-state index contributed by atoms with van der Waals surface area (Å²) in [5.41, 5.74) is 1.17. The number of rotatable bonds is 5. The molecule has 1 aliphatic heterocycles. The van der Waals surface area contributed by atoms with Gasteiger partial charge in [0.1, 0.15) is 11.6 Å². The van der Waals surface area contributed by atoms with Gasteiger partial charge in [-0.05, 0) is 25.5 Å². The summed E-state index contributed by atoms with van der Waals surface area (Å²) in [6.45, 7) is 1.88. The number of carbonyl (C=O) groups is 1. The lowest BCUT2D eigenvalue weighted by atomic mass is 10.1. The van der Waals surface area contributed by atoms with Crippen molar-refractivity contribution in [1.82, 2.24) is 9.78 Å². The van der Waals surface area contributed by atoms with E-state index < -0.39 is 21.6 Å². The van der Waals surface area contributed by atoms with E-state index in [2.05, 4.69) is 10.4 Å². The number of nitrogens with one attached hydrogen (secondary N) is 1. The van der Waals surface area contributed by atoms with Gasteiger partial charge in [0.15, 0.2) is 9.84 Å². The number of amides is 1. The maximum Gasteiger partial charge on any atom is 0.267 e. The lowest BCUT2D eigenvalue weighted by Gasteiger charge is -2.14. The van der Waals surface area contributed by atoms with Gasteiger partial charge < -0.3 is 10.1 Å². The maximum atomic E-state index is 14.4. The van der Waals surface area contributed by atoms with Crippen LogP contribution in [0.25, 0.3) is 10.1 Å². The molecule has 0 saturated carbocycles. The number of benzene rings is 1. The minimum Gasteiger partial charge on any atom is -0.380 e. The van der Waals surface area contributed by atoms with Crippen molar-refractivity contribution in [3.63, 3.8) is 0 Å². The standard InChI is InChI=1S/C19H20FN3O4S2/c1-11-8-16(23(22-11)12-6-7-29(25,26)10-12)21-19(24)18-13(9-27-2)17-14(20)4-3-5-15(17)28-18/h3-5,8,12H,6-7,9-10H2,1-2H3,(H,21,24). The zero-order chi connectivity index (χ0) is 20.8. The molecule has 29 heavy (non-hydrogen) atoms. The van der Waals surface area contributed by atoms with Gasteiger partial charge in [0.2, 0.25) is 0 Å². The summed E-state index contributed by atoms with van der Waals surface area (Å²) in [5.74, 6) is -0.269. The highest BCUT2D eigenvalue weighted by Gasteiger charge is 2.32. The first-order chi connectivity index (χ1) is 13.8. The van der Waals surface area contributed by atoms with E-state index in [1.807, 2.05) is 0 Å². The van der Waals surface area contributed by atoms with Crippen molar-refractivity contribution >= 4 is 43.0 Å². The number of carbonyl (C=O) groups excluding carboxylic acids is 1. The number of fused-ring (bicyclic) bond motifs is 1. The molecule has 1 unspecified atom stereocenters. The molecule has 0 aliphatic carbocycles. The fourth-order valence-corrected chi connectivity index (χ4v) is 6.47. The zero-order valence-corrected chi connectivity index (χ0v) is 17.6. The summed E-state index contributed by atoms with van der Waals surface area (Å²) in [6.07, 6.45) is 0.454. The van der Waals surface area contributed by atoms with Gasteiger partial charge in [0, 0.05) is 28.8 Å². The Morgan fingerprint density at radius 3 is 2.93 bits per heavy atom. The highest BCUT2D eigenvalue weighted by atomic mass is 32.2. The second kappa shape index (κ2) is 7.51. The van der Waals surface area contributed by atoms with Crippen LogP contribution in [-0.4, -0.2) is 42.7 Å². The molecule has 1 saturated heterocycles. The van der Waals surface area contributed by atoms with Gasteiger partial charge in [-0.1, -0.05) is 6.07 Å². The second-order valence-electron chi connectivity index (χ2n) is 7.08. The first-order valence-electron chi connectivity index (χ1n) is 9.06. The summed E-state index contributed by atoms with van der Waals surface area (Å²) in [7, 11) is -1.61. The van der Waals surface area contributed by atoms with Crippen LogP contribution in [0.1, 0.15) is 33.4 Å². The molecule has 10 heteroatoms. The molecule has 7 nitrogen and oxygen atoms in total. The quantitative estimate of drug-likeness (QED) is 0.661. The molecule has 0 spiro atoms. The lowest BCUT2D eigenvalue weighted by molar-refractivity contribution is 0.102. The Bertz CT molecular complexity index is 1200. The molecule has 1 aliphatic rings. The molecule has 1 amide bonds. The lowest BCUT2D eigenvalue weighted by Crippen LogP contribution is -2.19. The number of aryl methyl sites for hydroxylation is 1. The monoisotopic (exact) mass is 437 g/mol. The Balaban J connectivity index is 1.69. The van der Waals surface area contributed by atoms with Crippen molar-refractivity contribution < 1.29 is 22.3 Å². The van der Waals surface area contributed by atoms with Gasteiger partial charge in [-0.2, -0.15) is 5.10 Å². The topological polar surface area (TPSA) is 90.3 Å². The number of halogens is 1. The molecule has 1 aromatic carbocycles. The summed E-state index contributed by atoms with van der Waals surface area (Å²) < 4.78 is 45.5. The molecular weight excluding hydrogens is 417 g/mol. The predicted molar refractivity (Wildman–Crippen MR) is 110 cm³/mol. The fraction of sp³-hybridized carbons (Fsp3) is 0.368. The van der Waals surface area contributed by atoms with E-state index in [9.17, 15) is 17.6 Å². The van der Waals surface area contributed by atoms with Gasteiger partial charge >= 0.3 is 0 Å². The SMILES string of the molecule is COCc1c(C(=O)Nc2cc(C)nn2C2CCS(=O)(=O)C2)sc2cccc(F)c12. The molecule has 154 valence electrons. The van der Waals surface area contributed by atoms with Gasteiger partial charge in [0.25, 0.3) is 5.91 Å². The van der Waals surface area contributed by atoms with E-state index in [4.69, 9.17) is 4.74 Å². The number of anilines is 1. The van der Waals surface area contributed by atoms with Crippen LogP contribution in [0.2, 0.25) is 0 Å². The van der Waals surface area contributed by atoms with Crippen LogP contribution in [0.5, 0.6) is 0 Å². The predicted octanol–water partition coefficient (Wildman–Crippen LogP) is 3.30. The minimum absolute atomic E-state index is 0.0000140. The number of thiophene rings is 1. The molecule has 0 radical (unpaired) electrons. The number of nitrogens with zero attached hydrogens (tertiary/aromatic N) is 2. The van der Waals surface area contributed by atoms with Crippen LogP contribution in [-0.2, 0) is 21.2 Å². The van der Waals surface area contributed by atoms with Crippen LogP contribution in [0.3, 0.4) is 0 Å². The molecule has 3 aromatic rings. The Hall–Kier alpha value is -2.30. The van der Waals surface area contributed by atoms with Crippen LogP contribution in [0, 0.1) is 12.7 Å². The normalized spacial score (nSPS) is 18.4. The Morgan fingerprint density at radius 2 is 2.24 bits per heavy atom. The molecule has 1 atom stereocenters. The van der Waals surface area contributed by atoms with E-state index in [0.29, 0.717) is 38.5 Å². The van der Waals surface area contributed by atoms with Crippen LogP contribution in [0.4, 0.5) is 10.2 Å². The van der Waals surface area contributed by atoms with Crippen molar-refractivity contribution in [1.29, 1.82) is 0 Å². The molecular formula is C19H20FN3O4S2. The van der Waals surface area contributed by atoms with Gasteiger partial charge in [-0.15, -0.1) is 11.3 Å². The van der Waals surface area contributed by atoms with Crippen molar-refractivity contribution in [2.45, 2.75) is 26.0 Å². The first-order valence-corrected chi connectivity index (χ1v) is 11.7. The van der Waals surface area contributed by atoms with E-state index in [-0.39, 0.29) is 24.2 Å². The molecule has 3 heterocycles. The Kier molecular flexibility index (Phi) is 5.18. The smallest absolute Gasteiger partial charge is 0.267 e. The van der Waals surface area contributed by atoms with Crippen LogP contribution < -0.4 is 5.32 Å². The third-order valence-electron chi connectivity index (χ3n) is 4.91. The van der Waals surface area contributed by atoms with Crippen molar-refractivity contribution in [2.24, 2.45) is 0 Å². The maximum absolute atomic E-state index is 14.4. The fourth-order valence-electron chi connectivity index (χ4n) is 3.66. The molecule has 1 N–H and O–H groups in total. The zero-order valence-electron chi connectivity index (χ0n) is 15.9. The molecule has 4 rings (SSSR count). The van der Waals surface area contributed by atoms with Crippen LogP contribution in [0.15, 0.2) is 24.3 Å². The number of aromatic nitrogens is 2. The Morgan fingerprint density at radius 1 is 1.45 bits per heavy atom. The first kappa shape index (κ1) is 20.0. The average Bonchev–Trinajstić information content (AvgIpc) is 3.31. The van der Waals surface area contributed by atoms with Gasteiger partial charge in [0.05, 0.1) is 34.7 Å². The number of methoxy groups -OCH3 is 1. The Labute approximate surface area is 171 Å². The number of hydrogen-bond donors (Lipinski definition) is 1.